The van der Waals surface area contributed by atoms with Gasteiger partial charge in [-0.05, 0) is 33.6 Å². The van der Waals surface area contributed by atoms with E-state index in [1.54, 1.807) is 20.8 Å². The molecular formula is C16H19FN4O4S2. The number of thiazole rings is 1. The topological polar surface area (TPSA) is 110 Å². The Labute approximate surface area is 160 Å². The van der Waals surface area contributed by atoms with Gasteiger partial charge in [0.25, 0.3) is 10.0 Å². The highest BCUT2D eigenvalue weighted by Gasteiger charge is 2.33. The summed E-state index contributed by atoms with van der Waals surface area (Å²) in [5, 5.41) is 3.22. The molecule has 0 saturated heterocycles. The molecule has 0 atom stereocenters. The van der Waals surface area contributed by atoms with Crippen LogP contribution >= 0.6 is 11.3 Å². The van der Waals surface area contributed by atoms with Crippen LogP contribution in [0.5, 0.6) is 0 Å². The standard InChI is InChI=1S/C16H19FN4O4S2/c1-16(2,3)25-15(22)19-11-6-10(17)14(20-13(11)9-4-5-9)27(23,24)21-12-7-26-8-18-12/h6-9,21H,4-5H2,1-3H3,(H,19,22). The number of nitrogens with zero attached hydrogens (tertiary/aromatic N) is 2. The molecular weight excluding hydrogens is 395 g/mol. The highest BCUT2D eigenvalue weighted by atomic mass is 32.2. The number of hydrogen-bond donors (Lipinski definition) is 2. The molecule has 146 valence electrons. The maximum Gasteiger partial charge on any atom is 0.412 e. The lowest BCUT2D eigenvalue weighted by Gasteiger charge is -2.20. The number of carbonyl (C=O) groups is 1. The SMILES string of the molecule is CC(C)(C)OC(=O)Nc1cc(F)c(S(=O)(=O)Nc2cscn2)nc1C1CC1. The van der Waals surface area contributed by atoms with Crippen molar-refractivity contribution in [2.45, 2.75) is 50.2 Å². The summed E-state index contributed by atoms with van der Waals surface area (Å²) in [7, 11) is -4.25. The molecule has 0 bridgehead atoms. The minimum atomic E-state index is -4.25. The summed E-state index contributed by atoms with van der Waals surface area (Å²) >= 11 is 1.20. The molecule has 0 unspecified atom stereocenters. The third kappa shape index (κ3) is 4.92. The molecule has 0 radical (unpaired) electrons. The zero-order valence-corrected chi connectivity index (χ0v) is 16.6. The van der Waals surface area contributed by atoms with E-state index < -0.39 is 32.6 Å². The summed E-state index contributed by atoms with van der Waals surface area (Å²) in [4.78, 5) is 19.8. The maximum atomic E-state index is 14.5. The molecule has 3 rings (SSSR count). The number of sulfonamides is 1. The van der Waals surface area contributed by atoms with Gasteiger partial charge in [-0.3, -0.25) is 10.0 Å². The van der Waals surface area contributed by atoms with Crippen LogP contribution in [0.25, 0.3) is 0 Å². The van der Waals surface area contributed by atoms with Gasteiger partial charge in [-0.1, -0.05) is 0 Å². The summed E-state index contributed by atoms with van der Waals surface area (Å²) in [6.45, 7) is 5.10. The van der Waals surface area contributed by atoms with Crippen LogP contribution in [0.15, 0.2) is 22.0 Å². The molecule has 1 amide bonds. The number of nitrogens with one attached hydrogen (secondary N) is 2. The molecule has 2 heterocycles. The third-order valence-corrected chi connectivity index (χ3v) is 5.36. The van der Waals surface area contributed by atoms with Gasteiger partial charge in [-0.2, -0.15) is 8.42 Å². The Morgan fingerprint density at radius 2 is 2.07 bits per heavy atom. The van der Waals surface area contributed by atoms with Crippen LogP contribution in [0.3, 0.4) is 0 Å². The molecule has 0 spiro atoms. The first-order chi connectivity index (χ1) is 12.5. The van der Waals surface area contributed by atoms with Crippen molar-refractivity contribution in [2.24, 2.45) is 0 Å². The molecule has 1 aliphatic carbocycles. The van der Waals surface area contributed by atoms with E-state index in [1.165, 1.54) is 22.2 Å². The van der Waals surface area contributed by atoms with E-state index >= 15 is 0 Å². The molecule has 8 nitrogen and oxygen atoms in total. The zero-order chi connectivity index (χ0) is 19.8. The van der Waals surface area contributed by atoms with Gasteiger partial charge in [-0.15, -0.1) is 11.3 Å². The van der Waals surface area contributed by atoms with E-state index in [1.807, 2.05) is 0 Å². The number of halogens is 1. The highest BCUT2D eigenvalue weighted by Crippen LogP contribution is 2.43. The number of rotatable bonds is 5. The van der Waals surface area contributed by atoms with Crippen LogP contribution in [0.2, 0.25) is 0 Å². The van der Waals surface area contributed by atoms with Crippen molar-refractivity contribution in [2.75, 3.05) is 10.0 Å². The minimum absolute atomic E-state index is 0.0382. The number of amides is 1. The van der Waals surface area contributed by atoms with Crippen molar-refractivity contribution in [3.63, 3.8) is 0 Å². The first kappa shape index (κ1) is 19.5. The lowest BCUT2D eigenvalue weighted by molar-refractivity contribution is 0.0635. The fourth-order valence-electron chi connectivity index (χ4n) is 2.30. The number of aromatic nitrogens is 2. The molecule has 27 heavy (non-hydrogen) atoms. The average Bonchev–Trinajstić information content (AvgIpc) is 3.22. The van der Waals surface area contributed by atoms with Gasteiger partial charge in [0.05, 0.1) is 16.9 Å². The van der Waals surface area contributed by atoms with Crippen LogP contribution in [-0.4, -0.2) is 30.1 Å². The van der Waals surface area contributed by atoms with Crippen molar-refractivity contribution in [1.82, 2.24) is 9.97 Å². The second-order valence-corrected chi connectivity index (χ2v) is 9.40. The Bertz CT molecular complexity index is 952. The van der Waals surface area contributed by atoms with Gasteiger partial charge >= 0.3 is 6.09 Å². The van der Waals surface area contributed by atoms with Crippen molar-refractivity contribution in [1.29, 1.82) is 0 Å². The number of carbonyl (C=O) groups excluding carboxylic acids is 1. The van der Waals surface area contributed by atoms with Gasteiger partial charge in [0, 0.05) is 17.4 Å². The second-order valence-electron chi connectivity index (χ2n) is 7.09. The lowest BCUT2D eigenvalue weighted by atomic mass is 10.2. The van der Waals surface area contributed by atoms with E-state index in [0.717, 1.165) is 18.9 Å². The molecule has 1 aliphatic rings. The fourth-order valence-corrected chi connectivity index (χ4v) is 3.88. The summed E-state index contributed by atoms with van der Waals surface area (Å²) in [5.41, 5.74) is 1.15. The first-order valence-electron chi connectivity index (χ1n) is 8.16. The average molecular weight is 414 g/mol. The van der Waals surface area contributed by atoms with Crippen molar-refractivity contribution >= 4 is 39.0 Å². The van der Waals surface area contributed by atoms with E-state index in [-0.39, 0.29) is 17.4 Å². The zero-order valence-electron chi connectivity index (χ0n) is 14.9. The molecule has 1 saturated carbocycles. The Kier molecular flexibility index (Phi) is 5.08. The molecule has 11 heteroatoms. The smallest absolute Gasteiger partial charge is 0.412 e. The van der Waals surface area contributed by atoms with Gasteiger partial charge in [-0.25, -0.2) is 19.2 Å². The number of hydrogen-bond acceptors (Lipinski definition) is 7. The second kappa shape index (κ2) is 7.04. The third-order valence-electron chi connectivity index (χ3n) is 3.50. The molecule has 1 fully saturated rings. The molecule has 0 aromatic carbocycles. The highest BCUT2D eigenvalue weighted by molar-refractivity contribution is 7.92. The predicted molar refractivity (Wildman–Crippen MR) is 98.9 cm³/mol. The van der Waals surface area contributed by atoms with Crippen LogP contribution in [0.1, 0.15) is 45.2 Å². The number of anilines is 2. The Morgan fingerprint density at radius 1 is 1.37 bits per heavy atom. The van der Waals surface area contributed by atoms with Gasteiger partial charge < -0.3 is 4.74 Å². The van der Waals surface area contributed by atoms with E-state index in [4.69, 9.17) is 4.74 Å². The van der Waals surface area contributed by atoms with E-state index in [0.29, 0.717) is 5.69 Å². The first-order valence-corrected chi connectivity index (χ1v) is 10.6. The van der Waals surface area contributed by atoms with Gasteiger partial charge in [0.2, 0.25) is 5.03 Å². The summed E-state index contributed by atoms with van der Waals surface area (Å²) in [6, 6.07) is 0.959. The Morgan fingerprint density at radius 3 is 2.63 bits per heavy atom. The fraction of sp³-hybridized carbons (Fsp3) is 0.438. The molecule has 2 aromatic heterocycles. The molecule has 2 aromatic rings. The van der Waals surface area contributed by atoms with Crippen molar-refractivity contribution in [3.05, 3.63) is 28.5 Å². The van der Waals surface area contributed by atoms with Crippen LogP contribution in [-0.2, 0) is 14.8 Å². The van der Waals surface area contributed by atoms with Crippen LogP contribution < -0.4 is 10.0 Å². The van der Waals surface area contributed by atoms with E-state index in [9.17, 15) is 17.6 Å². The Hall–Kier alpha value is -2.27. The van der Waals surface area contributed by atoms with Crippen molar-refractivity contribution in [3.8, 4) is 0 Å². The number of ether oxygens (including phenoxy) is 1. The minimum Gasteiger partial charge on any atom is -0.444 e. The number of pyridine rings is 1. The van der Waals surface area contributed by atoms with Crippen molar-refractivity contribution < 1.29 is 22.3 Å². The quantitative estimate of drug-likeness (QED) is 0.772. The summed E-state index contributed by atoms with van der Waals surface area (Å²) in [6.07, 6.45) is 0.795. The predicted octanol–water partition coefficient (Wildman–Crippen LogP) is 3.70. The largest absolute Gasteiger partial charge is 0.444 e. The molecule has 0 aliphatic heterocycles. The summed E-state index contributed by atoms with van der Waals surface area (Å²) in [5.74, 6) is -1.03. The normalized spacial score (nSPS) is 14.7. The Balaban J connectivity index is 1.92. The van der Waals surface area contributed by atoms with Crippen LogP contribution in [0.4, 0.5) is 20.7 Å². The molecule has 2 N–H and O–H groups in total. The lowest BCUT2D eigenvalue weighted by Crippen LogP contribution is -2.28. The van der Waals surface area contributed by atoms with Gasteiger partial charge in [0.15, 0.2) is 11.6 Å². The maximum absolute atomic E-state index is 14.5. The summed E-state index contributed by atoms with van der Waals surface area (Å²) < 4.78 is 46.8. The monoisotopic (exact) mass is 414 g/mol. The van der Waals surface area contributed by atoms with Crippen LogP contribution in [0, 0.1) is 5.82 Å². The van der Waals surface area contributed by atoms with E-state index in [2.05, 4.69) is 20.0 Å². The van der Waals surface area contributed by atoms with Gasteiger partial charge in [0.1, 0.15) is 5.60 Å².